The molecule has 0 atom stereocenters. The lowest BCUT2D eigenvalue weighted by atomic mass is 10.1. The van der Waals surface area contributed by atoms with Crippen LogP contribution < -0.4 is 5.32 Å². The second kappa shape index (κ2) is 9.34. The summed E-state index contributed by atoms with van der Waals surface area (Å²) in [6.07, 6.45) is -2.47. The Morgan fingerprint density at radius 3 is 2.70 bits per heavy atom. The van der Waals surface area contributed by atoms with E-state index in [-0.39, 0.29) is 18.9 Å². The normalized spacial score (nSPS) is 13.6. The first-order valence-electron chi connectivity index (χ1n) is 10.5. The third kappa shape index (κ3) is 5.24. The zero-order valence-corrected chi connectivity index (χ0v) is 18.7. The molecule has 1 aliphatic rings. The van der Waals surface area contributed by atoms with Crippen molar-refractivity contribution in [1.29, 1.82) is 0 Å². The lowest BCUT2D eigenvalue weighted by Gasteiger charge is -2.26. The first-order chi connectivity index (χ1) is 15.7. The van der Waals surface area contributed by atoms with Gasteiger partial charge in [0.1, 0.15) is 0 Å². The number of carbonyl (C=O) groups excluding carboxylic acids is 2. The summed E-state index contributed by atoms with van der Waals surface area (Å²) in [5.41, 5.74) is -0.343. The van der Waals surface area contributed by atoms with Crippen LogP contribution in [0.15, 0.2) is 36.5 Å². The summed E-state index contributed by atoms with van der Waals surface area (Å²) < 4.78 is 41.3. The standard InChI is InChI=1S/C22H22F3N5O2S/c1-14-27-17-9-11-29(13-18(17)33-14)19(31)8-5-10-26-21(32)16-12-30(15-6-3-2-4-7-15)28-20(16)22(23,24)25/h2-4,6-7,12H,5,8-11,13H2,1H3,(H,26,32). The Labute approximate surface area is 192 Å². The van der Waals surface area contributed by atoms with E-state index in [4.69, 9.17) is 0 Å². The van der Waals surface area contributed by atoms with Crippen molar-refractivity contribution in [2.24, 2.45) is 0 Å². The van der Waals surface area contributed by atoms with Crippen LogP contribution in [0.2, 0.25) is 0 Å². The Balaban J connectivity index is 1.33. The number of rotatable bonds is 6. The van der Waals surface area contributed by atoms with Crippen LogP contribution in [0.3, 0.4) is 0 Å². The van der Waals surface area contributed by atoms with Crippen molar-refractivity contribution in [1.82, 2.24) is 25.0 Å². The number of amides is 2. The number of hydrogen-bond acceptors (Lipinski definition) is 5. The maximum absolute atomic E-state index is 13.4. The molecule has 0 spiro atoms. The van der Waals surface area contributed by atoms with Gasteiger partial charge >= 0.3 is 6.18 Å². The molecule has 3 aromatic rings. The van der Waals surface area contributed by atoms with Crippen LogP contribution in [0.5, 0.6) is 0 Å². The number of nitrogens with one attached hydrogen (secondary N) is 1. The molecule has 0 bridgehead atoms. The van der Waals surface area contributed by atoms with E-state index in [1.165, 1.54) is 0 Å². The lowest BCUT2D eigenvalue weighted by molar-refractivity contribution is -0.141. The van der Waals surface area contributed by atoms with Crippen molar-refractivity contribution < 1.29 is 22.8 Å². The van der Waals surface area contributed by atoms with E-state index in [1.807, 2.05) is 6.92 Å². The molecule has 7 nitrogen and oxygen atoms in total. The number of nitrogens with zero attached hydrogens (tertiary/aromatic N) is 4. The Hall–Kier alpha value is -3.21. The Morgan fingerprint density at radius 2 is 1.97 bits per heavy atom. The largest absolute Gasteiger partial charge is 0.435 e. The van der Waals surface area contributed by atoms with Crippen LogP contribution in [0.25, 0.3) is 5.69 Å². The highest BCUT2D eigenvalue weighted by Gasteiger charge is 2.39. The second-order valence-electron chi connectivity index (χ2n) is 7.70. The number of halogens is 3. The molecule has 0 saturated carbocycles. The van der Waals surface area contributed by atoms with Crippen LogP contribution in [0.1, 0.15) is 44.5 Å². The number of carbonyl (C=O) groups is 2. The number of aryl methyl sites for hydroxylation is 1. The third-order valence-electron chi connectivity index (χ3n) is 5.29. The predicted molar refractivity (Wildman–Crippen MR) is 116 cm³/mol. The Bertz CT molecular complexity index is 1160. The quantitative estimate of drug-likeness (QED) is 0.549. The Morgan fingerprint density at radius 1 is 1.21 bits per heavy atom. The number of thiazole rings is 1. The number of hydrogen-bond donors (Lipinski definition) is 1. The number of benzene rings is 1. The van der Waals surface area contributed by atoms with Gasteiger partial charge < -0.3 is 10.2 Å². The van der Waals surface area contributed by atoms with E-state index >= 15 is 0 Å². The molecule has 3 heterocycles. The van der Waals surface area contributed by atoms with Gasteiger partial charge in [-0.05, 0) is 25.5 Å². The minimum atomic E-state index is -4.77. The molecular weight excluding hydrogens is 455 g/mol. The summed E-state index contributed by atoms with van der Waals surface area (Å²) in [4.78, 5) is 32.3. The van der Waals surface area contributed by atoms with Gasteiger partial charge in [-0.15, -0.1) is 11.3 Å². The molecule has 0 fully saturated rings. The van der Waals surface area contributed by atoms with Gasteiger partial charge in [-0.3, -0.25) is 9.59 Å². The van der Waals surface area contributed by atoms with Crippen LogP contribution >= 0.6 is 11.3 Å². The number of alkyl halides is 3. The molecule has 0 unspecified atom stereocenters. The maximum Gasteiger partial charge on any atom is 0.435 e. The lowest BCUT2D eigenvalue weighted by Crippen LogP contribution is -2.36. The molecule has 0 aliphatic carbocycles. The van der Waals surface area contributed by atoms with Gasteiger partial charge in [0.15, 0.2) is 5.69 Å². The fourth-order valence-electron chi connectivity index (χ4n) is 3.69. The minimum Gasteiger partial charge on any atom is -0.352 e. The summed E-state index contributed by atoms with van der Waals surface area (Å²) in [5, 5.41) is 7.04. The van der Waals surface area contributed by atoms with Crippen molar-refractivity contribution in [3.05, 3.63) is 63.4 Å². The van der Waals surface area contributed by atoms with Crippen LogP contribution in [-0.4, -0.2) is 44.6 Å². The fourth-order valence-corrected chi connectivity index (χ4v) is 4.69. The highest BCUT2D eigenvalue weighted by molar-refractivity contribution is 7.11. The molecule has 11 heteroatoms. The van der Waals surface area contributed by atoms with Crippen molar-refractivity contribution in [2.75, 3.05) is 13.1 Å². The smallest absolute Gasteiger partial charge is 0.352 e. The molecular formula is C22H22F3N5O2S. The molecule has 4 rings (SSSR count). The highest BCUT2D eigenvalue weighted by Crippen LogP contribution is 2.31. The van der Waals surface area contributed by atoms with Crippen LogP contribution in [0.4, 0.5) is 13.2 Å². The Kier molecular flexibility index (Phi) is 6.50. The van der Waals surface area contributed by atoms with Crippen LogP contribution in [0, 0.1) is 6.92 Å². The molecule has 1 N–H and O–H groups in total. The number of para-hydroxylation sites is 1. The molecule has 2 amide bonds. The maximum atomic E-state index is 13.4. The number of aromatic nitrogens is 3. The molecule has 0 saturated heterocycles. The van der Waals surface area contributed by atoms with Gasteiger partial charge in [-0.1, -0.05) is 18.2 Å². The first kappa shape index (κ1) is 23.0. The third-order valence-corrected chi connectivity index (χ3v) is 6.29. The van der Waals surface area contributed by atoms with Crippen molar-refractivity contribution in [3.63, 3.8) is 0 Å². The molecule has 174 valence electrons. The average molecular weight is 478 g/mol. The van der Waals surface area contributed by atoms with Crippen molar-refractivity contribution >= 4 is 23.2 Å². The van der Waals surface area contributed by atoms with Gasteiger partial charge in [0.05, 0.1) is 28.5 Å². The molecule has 1 aliphatic heterocycles. The summed E-state index contributed by atoms with van der Waals surface area (Å²) in [7, 11) is 0. The van der Waals surface area contributed by atoms with Crippen molar-refractivity contribution in [3.8, 4) is 5.69 Å². The number of fused-ring (bicyclic) bond motifs is 1. The van der Waals surface area contributed by atoms with Crippen LogP contribution in [-0.2, 0) is 23.9 Å². The predicted octanol–water partition coefficient (Wildman–Crippen LogP) is 3.75. The van der Waals surface area contributed by atoms with Gasteiger partial charge in [0.2, 0.25) is 5.91 Å². The zero-order valence-electron chi connectivity index (χ0n) is 17.9. The van der Waals surface area contributed by atoms with E-state index in [9.17, 15) is 22.8 Å². The van der Waals surface area contributed by atoms with E-state index in [0.717, 1.165) is 26.5 Å². The molecule has 2 aromatic heterocycles. The summed E-state index contributed by atoms with van der Waals surface area (Å²) in [5.74, 6) is -0.923. The fraction of sp³-hybridized carbons (Fsp3) is 0.364. The molecule has 33 heavy (non-hydrogen) atoms. The van der Waals surface area contributed by atoms with Gasteiger partial charge in [0.25, 0.3) is 5.91 Å². The molecule has 0 radical (unpaired) electrons. The summed E-state index contributed by atoms with van der Waals surface area (Å²) in [6, 6.07) is 8.25. The summed E-state index contributed by atoms with van der Waals surface area (Å²) in [6.45, 7) is 3.14. The zero-order chi connectivity index (χ0) is 23.6. The highest BCUT2D eigenvalue weighted by atomic mass is 32.1. The second-order valence-corrected chi connectivity index (χ2v) is 8.98. The van der Waals surface area contributed by atoms with E-state index < -0.39 is 23.3 Å². The van der Waals surface area contributed by atoms with E-state index in [2.05, 4.69) is 15.4 Å². The van der Waals surface area contributed by atoms with E-state index in [1.54, 1.807) is 46.6 Å². The van der Waals surface area contributed by atoms with Gasteiger partial charge in [0, 0.05) is 37.0 Å². The average Bonchev–Trinajstić information content (AvgIpc) is 3.39. The SMILES string of the molecule is Cc1nc2c(s1)CN(C(=O)CCCNC(=O)c1cn(-c3ccccc3)nc1C(F)(F)F)CC2. The monoisotopic (exact) mass is 477 g/mol. The molecule has 1 aromatic carbocycles. The topological polar surface area (TPSA) is 80.1 Å². The van der Waals surface area contributed by atoms with Crippen molar-refractivity contribution in [2.45, 2.75) is 38.9 Å². The van der Waals surface area contributed by atoms with Gasteiger partial charge in [-0.2, -0.15) is 18.3 Å². The van der Waals surface area contributed by atoms with E-state index in [0.29, 0.717) is 31.6 Å². The summed E-state index contributed by atoms with van der Waals surface area (Å²) >= 11 is 1.58. The van der Waals surface area contributed by atoms with Gasteiger partial charge in [-0.25, -0.2) is 9.67 Å². The first-order valence-corrected chi connectivity index (χ1v) is 11.3. The minimum absolute atomic E-state index is 0.0474.